The summed E-state index contributed by atoms with van der Waals surface area (Å²) in [4.78, 5) is 20.2. The van der Waals surface area contributed by atoms with Crippen LogP contribution in [0.3, 0.4) is 0 Å². The molecule has 0 rings (SSSR count). The van der Waals surface area contributed by atoms with Crippen LogP contribution in [0.1, 0.15) is 6.92 Å². The molecule has 0 unspecified atom stereocenters. The van der Waals surface area contributed by atoms with E-state index in [4.69, 9.17) is 0 Å². The molecule has 4 nitrogen and oxygen atoms in total. The molecule has 0 N–H and O–H groups in total. The normalized spacial score (nSPS) is 7.82. The predicted octanol–water partition coefficient (Wildman–Crippen LogP) is 0.653. The molecular formula is C5H7FO4Pd. The maximum Gasteiger partial charge on any atom is 0.516 e. The van der Waals surface area contributed by atoms with Gasteiger partial charge in [-0.1, -0.05) is 0 Å². The van der Waals surface area contributed by atoms with Gasteiger partial charge in [0.25, 0.3) is 0 Å². The van der Waals surface area contributed by atoms with Crippen molar-refractivity contribution in [1.29, 1.82) is 0 Å². The van der Waals surface area contributed by atoms with Gasteiger partial charge in [0.15, 0.2) is 6.67 Å². The Morgan fingerprint density at radius 3 is 2.36 bits per heavy atom. The number of hydrogen-bond acceptors (Lipinski definition) is 4. The van der Waals surface area contributed by atoms with Gasteiger partial charge < -0.3 is 9.47 Å². The first-order valence-electron chi connectivity index (χ1n) is 2.64. The quantitative estimate of drug-likeness (QED) is 0.414. The fraction of sp³-hybridized carbons (Fsp3) is 0.600. The molecule has 0 aliphatic rings. The van der Waals surface area contributed by atoms with E-state index in [0.29, 0.717) is 0 Å². The molecule has 0 aliphatic carbocycles. The van der Waals surface area contributed by atoms with E-state index >= 15 is 0 Å². The van der Waals surface area contributed by atoms with Crippen LogP contribution in [0.2, 0.25) is 0 Å². The number of carbonyl (C=O) groups is 2. The van der Waals surface area contributed by atoms with Crippen LogP contribution in [0.4, 0.5) is 9.18 Å². The van der Waals surface area contributed by atoms with Gasteiger partial charge in [-0.2, -0.15) is 0 Å². The van der Waals surface area contributed by atoms with Crippen LogP contribution in [-0.2, 0) is 34.7 Å². The van der Waals surface area contributed by atoms with Crippen LogP contribution in [0.25, 0.3) is 0 Å². The van der Waals surface area contributed by atoms with Gasteiger partial charge in [0.05, 0.1) is 6.61 Å². The minimum Gasteiger partial charge on any atom is -0.434 e. The van der Waals surface area contributed by atoms with Crippen LogP contribution in [0, 0.1) is 0 Å². The van der Waals surface area contributed by atoms with Crippen molar-refractivity contribution in [1.82, 2.24) is 0 Å². The largest absolute Gasteiger partial charge is 0.516 e. The molecule has 0 atom stereocenters. The van der Waals surface area contributed by atoms with Gasteiger partial charge in [-0.3, -0.25) is 0 Å². The van der Waals surface area contributed by atoms with E-state index in [1.807, 2.05) is 0 Å². The summed E-state index contributed by atoms with van der Waals surface area (Å²) in [6.07, 6.45) is -1.16. The third-order valence-electron chi connectivity index (χ3n) is 0.568. The maximum absolute atomic E-state index is 11.3. The number of carbonyl (C=O) groups excluding carboxylic acids is 2. The zero-order valence-electron chi connectivity index (χ0n) is 5.74. The third kappa shape index (κ3) is 7.43. The van der Waals surface area contributed by atoms with Gasteiger partial charge in [0.1, 0.15) is 0 Å². The predicted molar refractivity (Wildman–Crippen MR) is 29.1 cm³/mol. The molecule has 11 heavy (non-hydrogen) atoms. The van der Waals surface area contributed by atoms with Crippen molar-refractivity contribution in [2.45, 2.75) is 6.92 Å². The summed E-state index contributed by atoms with van der Waals surface area (Å²) >= 11 is 0. The first-order valence-corrected chi connectivity index (χ1v) is 2.64. The van der Waals surface area contributed by atoms with Crippen molar-refractivity contribution in [2.24, 2.45) is 0 Å². The molecule has 0 radical (unpaired) electrons. The van der Waals surface area contributed by atoms with Gasteiger partial charge in [0.2, 0.25) is 0 Å². The average Bonchev–Trinajstić information content (AvgIpc) is 1.88. The molecule has 0 bridgehead atoms. The second kappa shape index (κ2) is 7.64. The minimum absolute atomic E-state index is 0. The number of esters is 1. The molecular weight excluding hydrogens is 249 g/mol. The number of ether oxygens (including phenoxy) is 2. The van der Waals surface area contributed by atoms with E-state index in [9.17, 15) is 14.0 Å². The summed E-state index contributed by atoms with van der Waals surface area (Å²) in [7, 11) is 0. The Balaban J connectivity index is 0. The summed E-state index contributed by atoms with van der Waals surface area (Å²) in [6.45, 7) is 0.318. The van der Waals surface area contributed by atoms with E-state index in [2.05, 4.69) is 9.47 Å². The van der Waals surface area contributed by atoms with E-state index in [-0.39, 0.29) is 27.0 Å². The molecule has 0 aromatic heterocycles. The molecule has 6 heteroatoms. The number of hydrogen-bond donors (Lipinski definition) is 0. The SMILES string of the molecule is CCOC(=O)OC(=O)CF.[Pd]. The van der Waals surface area contributed by atoms with Gasteiger partial charge in [-0.25, -0.2) is 14.0 Å². The zero-order valence-corrected chi connectivity index (χ0v) is 7.30. The van der Waals surface area contributed by atoms with Gasteiger partial charge in [-0.05, 0) is 6.92 Å². The van der Waals surface area contributed by atoms with E-state index in [1.165, 1.54) is 0 Å². The monoisotopic (exact) mass is 256 g/mol. The first kappa shape index (κ1) is 13.1. The smallest absolute Gasteiger partial charge is 0.434 e. The molecule has 68 valence electrons. The Bertz CT molecular complexity index is 138. The zero-order chi connectivity index (χ0) is 7.98. The van der Waals surface area contributed by atoms with Gasteiger partial charge in [0, 0.05) is 20.4 Å². The maximum atomic E-state index is 11.3. The number of alkyl halides is 1. The Morgan fingerprint density at radius 1 is 1.45 bits per heavy atom. The number of rotatable bonds is 2. The Morgan fingerprint density at radius 2 is 2.00 bits per heavy atom. The minimum atomic E-state index is -1.32. The Labute approximate surface area is 76.7 Å². The standard InChI is InChI=1S/C5H7FO4.Pd/c1-2-9-5(8)10-4(7)3-6;/h2-3H2,1H3;. The fourth-order valence-corrected chi connectivity index (χ4v) is 0.268. The van der Waals surface area contributed by atoms with Crippen LogP contribution < -0.4 is 0 Å². The second-order valence-corrected chi connectivity index (χ2v) is 1.29. The molecule has 0 saturated heterocycles. The Hall–Kier alpha value is -0.468. The summed E-state index contributed by atoms with van der Waals surface area (Å²) in [5, 5.41) is 0. The van der Waals surface area contributed by atoms with Gasteiger partial charge in [-0.15, -0.1) is 0 Å². The van der Waals surface area contributed by atoms with Crippen LogP contribution in [0.5, 0.6) is 0 Å². The van der Waals surface area contributed by atoms with Gasteiger partial charge >= 0.3 is 12.1 Å². The molecule has 0 amide bonds. The summed E-state index contributed by atoms with van der Waals surface area (Å²) in [5.41, 5.74) is 0. The molecule has 0 heterocycles. The Kier molecular flexibility index (Phi) is 9.13. The number of halogens is 1. The van der Waals surface area contributed by atoms with Crippen molar-refractivity contribution < 1.29 is 43.9 Å². The van der Waals surface area contributed by atoms with E-state index < -0.39 is 18.8 Å². The van der Waals surface area contributed by atoms with Crippen molar-refractivity contribution in [3.05, 3.63) is 0 Å². The van der Waals surface area contributed by atoms with E-state index in [1.54, 1.807) is 6.92 Å². The fourth-order valence-electron chi connectivity index (χ4n) is 0.268. The third-order valence-corrected chi connectivity index (χ3v) is 0.568. The average molecular weight is 257 g/mol. The summed E-state index contributed by atoms with van der Waals surface area (Å²) < 4.78 is 19.2. The summed E-state index contributed by atoms with van der Waals surface area (Å²) in [6, 6.07) is 0. The van der Waals surface area contributed by atoms with E-state index in [0.717, 1.165) is 0 Å². The molecule has 0 saturated carbocycles. The van der Waals surface area contributed by atoms with Crippen LogP contribution in [-0.4, -0.2) is 25.4 Å². The topological polar surface area (TPSA) is 52.6 Å². The van der Waals surface area contributed by atoms with Crippen molar-refractivity contribution in [3.63, 3.8) is 0 Å². The molecule has 0 aromatic rings. The molecule has 0 fully saturated rings. The second-order valence-electron chi connectivity index (χ2n) is 1.29. The summed E-state index contributed by atoms with van der Waals surface area (Å²) in [5.74, 6) is -1.24. The van der Waals surface area contributed by atoms with Crippen molar-refractivity contribution >= 4 is 12.1 Å². The van der Waals surface area contributed by atoms with Crippen molar-refractivity contribution in [2.75, 3.05) is 13.3 Å². The molecule has 0 aliphatic heterocycles. The first-order chi connectivity index (χ1) is 4.70. The molecule has 0 spiro atoms. The van der Waals surface area contributed by atoms with Crippen molar-refractivity contribution in [3.8, 4) is 0 Å². The van der Waals surface area contributed by atoms with Crippen LogP contribution in [0.15, 0.2) is 0 Å². The van der Waals surface area contributed by atoms with Crippen LogP contribution >= 0.6 is 0 Å². The molecule has 0 aromatic carbocycles.